The molecule has 0 aliphatic heterocycles. The molecule has 0 heterocycles. The second-order valence-electron chi connectivity index (χ2n) is 5.91. The van der Waals surface area contributed by atoms with Crippen LogP contribution in [0.5, 0.6) is 0 Å². The molecule has 5 heteroatoms. The summed E-state index contributed by atoms with van der Waals surface area (Å²) in [5, 5.41) is 5.71. The van der Waals surface area contributed by atoms with E-state index in [2.05, 4.69) is 22.8 Å². The van der Waals surface area contributed by atoms with E-state index in [9.17, 15) is 9.59 Å². The molecular formula is C17H25N3O2. The molecule has 22 heavy (non-hydrogen) atoms. The first-order chi connectivity index (χ1) is 10.6. The minimum atomic E-state index is -0.0938. The number of carbonyl (C=O) groups excluding carboxylic acids is 2. The van der Waals surface area contributed by atoms with E-state index in [0.29, 0.717) is 6.54 Å². The summed E-state index contributed by atoms with van der Waals surface area (Å²) < 4.78 is 0. The molecular weight excluding hydrogens is 278 g/mol. The highest BCUT2D eigenvalue weighted by atomic mass is 16.2. The third kappa shape index (κ3) is 4.84. The Hall–Kier alpha value is -1.88. The summed E-state index contributed by atoms with van der Waals surface area (Å²) in [6.45, 7) is 3.12. The summed E-state index contributed by atoms with van der Waals surface area (Å²) >= 11 is 0. The summed E-state index contributed by atoms with van der Waals surface area (Å²) in [5.41, 5.74) is 3.57. The van der Waals surface area contributed by atoms with Crippen LogP contribution >= 0.6 is 0 Å². The van der Waals surface area contributed by atoms with E-state index in [4.69, 9.17) is 0 Å². The number of likely N-dealkylation sites (N-methyl/N-ethyl adjacent to an activating group) is 1. The van der Waals surface area contributed by atoms with Gasteiger partial charge < -0.3 is 10.6 Å². The number of nitrogens with one attached hydrogen (secondary N) is 2. The monoisotopic (exact) mass is 303 g/mol. The zero-order valence-electron chi connectivity index (χ0n) is 13.4. The van der Waals surface area contributed by atoms with Gasteiger partial charge in [-0.15, -0.1) is 0 Å². The predicted octanol–water partition coefficient (Wildman–Crippen LogP) is 1.57. The molecule has 1 aromatic carbocycles. The topological polar surface area (TPSA) is 61.4 Å². The van der Waals surface area contributed by atoms with Gasteiger partial charge in [-0.3, -0.25) is 14.5 Å². The second-order valence-corrected chi connectivity index (χ2v) is 5.91. The lowest BCUT2D eigenvalue weighted by atomic mass is 10.1. The predicted molar refractivity (Wildman–Crippen MR) is 87.9 cm³/mol. The maximum Gasteiger partial charge on any atom is 0.238 e. The van der Waals surface area contributed by atoms with Gasteiger partial charge in [-0.25, -0.2) is 0 Å². The summed E-state index contributed by atoms with van der Waals surface area (Å²) in [6.07, 6.45) is 4.34. The smallest absolute Gasteiger partial charge is 0.238 e. The summed E-state index contributed by atoms with van der Waals surface area (Å²) in [4.78, 5) is 25.3. The summed E-state index contributed by atoms with van der Waals surface area (Å²) in [6, 6.07) is 6.12. The highest BCUT2D eigenvalue weighted by molar-refractivity contribution is 5.92. The number of fused-ring (bicyclic) bond motifs is 1. The van der Waals surface area contributed by atoms with Crippen LogP contribution in [0, 0.1) is 0 Å². The number of nitrogens with zero attached hydrogens (tertiary/aromatic N) is 1. The first-order valence-corrected chi connectivity index (χ1v) is 7.95. The number of amides is 2. The van der Waals surface area contributed by atoms with Crippen LogP contribution in [0.4, 0.5) is 5.69 Å². The van der Waals surface area contributed by atoms with Gasteiger partial charge in [0.15, 0.2) is 0 Å². The van der Waals surface area contributed by atoms with Gasteiger partial charge >= 0.3 is 0 Å². The fourth-order valence-electron chi connectivity index (χ4n) is 2.72. The van der Waals surface area contributed by atoms with Crippen LogP contribution in [0.1, 0.15) is 30.9 Å². The van der Waals surface area contributed by atoms with Gasteiger partial charge in [-0.2, -0.15) is 0 Å². The molecule has 1 aliphatic rings. The van der Waals surface area contributed by atoms with Gasteiger partial charge in [-0.05, 0) is 56.0 Å². The first-order valence-electron chi connectivity index (χ1n) is 7.95. The molecule has 1 aliphatic carbocycles. The molecule has 0 fully saturated rings. The Bertz CT molecular complexity index is 543. The first kappa shape index (κ1) is 16.5. The van der Waals surface area contributed by atoms with Crippen LogP contribution in [0.25, 0.3) is 0 Å². The van der Waals surface area contributed by atoms with E-state index in [-0.39, 0.29) is 24.9 Å². The van der Waals surface area contributed by atoms with Crippen molar-refractivity contribution in [1.82, 2.24) is 10.2 Å². The maximum atomic E-state index is 12.0. The average molecular weight is 303 g/mol. The number of hydrogen-bond acceptors (Lipinski definition) is 3. The van der Waals surface area contributed by atoms with E-state index < -0.39 is 0 Å². The van der Waals surface area contributed by atoms with Crippen LogP contribution in [0.3, 0.4) is 0 Å². The largest absolute Gasteiger partial charge is 0.355 e. The molecule has 0 saturated heterocycles. The minimum Gasteiger partial charge on any atom is -0.355 e. The molecule has 2 N–H and O–H groups in total. The van der Waals surface area contributed by atoms with Gasteiger partial charge in [0, 0.05) is 12.2 Å². The Balaban J connectivity index is 1.78. The second kappa shape index (κ2) is 7.94. The van der Waals surface area contributed by atoms with Crippen molar-refractivity contribution in [2.45, 2.75) is 32.6 Å². The van der Waals surface area contributed by atoms with E-state index in [1.165, 1.54) is 17.5 Å². The average Bonchev–Trinajstić information content (AvgIpc) is 2.92. The molecule has 2 amide bonds. The normalized spacial score (nSPS) is 13.0. The van der Waals surface area contributed by atoms with Gasteiger partial charge in [0.1, 0.15) is 0 Å². The lowest BCUT2D eigenvalue weighted by Crippen LogP contribution is -2.39. The Morgan fingerprint density at radius 3 is 2.64 bits per heavy atom. The Labute approximate surface area is 132 Å². The van der Waals surface area contributed by atoms with Crippen LogP contribution in [0.15, 0.2) is 18.2 Å². The van der Waals surface area contributed by atoms with Crippen LogP contribution in [-0.2, 0) is 22.4 Å². The molecule has 5 nitrogen and oxygen atoms in total. The quantitative estimate of drug-likeness (QED) is 0.804. The molecule has 0 atom stereocenters. The van der Waals surface area contributed by atoms with Crippen molar-refractivity contribution in [3.63, 3.8) is 0 Å². The number of carbonyl (C=O) groups is 2. The van der Waals surface area contributed by atoms with Gasteiger partial charge in [0.25, 0.3) is 0 Å². The third-order valence-corrected chi connectivity index (χ3v) is 3.78. The number of aryl methyl sites for hydroxylation is 2. The number of rotatable bonds is 7. The molecule has 0 spiro atoms. The number of hydrogen-bond donors (Lipinski definition) is 2. The fourth-order valence-corrected chi connectivity index (χ4v) is 2.72. The van der Waals surface area contributed by atoms with Crippen molar-refractivity contribution < 1.29 is 9.59 Å². The highest BCUT2D eigenvalue weighted by Gasteiger charge is 2.13. The number of benzene rings is 1. The summed E-state index contributed by atoms with van der Waals surface area (Å²) in [7, 11) is 1.77. The minimum absolute atomic E-state index is 0.0466. The van der Waals surface area contributed by atoms with Gasteiger partial charge in [-0.1, -0.05) is 13.0 Å². The molecule has 0 unspecified atom stereocenters. The Morgan fingerprint density at radius 2 is 1.86 bits per heavy atom. The van der Waals surface area contributed by atoms with E-state index in [1.54, 1.807) is 11.9 Å². The molecule has 0 bridgehead atoms. The van der Waals surface area contributed by atoms with Gasteiger partial charge in [0.2, 0.25) is 11.8 Å². The zero-order valence-corrected chi connectivity index (χ0v) is 13.4. The summed E-state index contributed by atoms with van der Waals surface area (Å²) in [5.74, 6) is -0.140. The molecule has 0 saturated carbocycles. The Morgan fingerprint density at radius 1 is 1.14 bits per heavy atom. The van der Waals surface area contributed by atoms with Crippen molar-refractivity contribution in [1.29, 1.82) is 0 Å². The van der Waals surface area contributed by atoms with Gasteiger partial charge in [0.05, 0.1) is 13.1 Å². The standard InChI is InChI=1S/C17H25N3O2/c1-3-9-18-16(21)11-20(2)12-17(22)19-15-8-7-13-5-4-6-14(13)10-15/h7-8,10H,3-6,9,11-12H2,1-2H3,(H,18,21)(H,19,22). The Kier molecular flexibility index (Phi) is 5.95. The van der Waals surface area contributed by atoms with E-state index >= 15 is 0 Å². The molecule has 2 rings (SSSR count). The van der Waals surface area contributed by atoms with Crippen molar-refractivity contribution in [3.8, 4) is 0 Å². The van der Waals surface area contributed by atoms with Crippen molar-refractivity contribution in [3.05, 3.63) is 29.3 Å². The molecule has 0 radical (unpaired) electrons. The van der Waals surface area contributed by atoms with Crippen molar-refractivity contribution in [2.24, 2.45) is 0 Å². The highest BCUT2D eigenvalue weighted by Crippen LogP contribution is 2.24. The van der Waals surface area contributed by atoms with E-state index in [1.807, 2.05) is 13.0 Å². The van der Waals surface area contributed by atoms with Crippen LogP contribution < -0.4 is 10.6 Å². The fraction of sp³-hybridized carbons (Fsp3) is 0.529. The number of anilines is 1. The lowest BCUT2D eigenvalue weighted by Gasteiger charge is -2.16. The molecule has 1 aromatic rings. The van der Waals surface area contributed by atoms with Crippen molar-refractivity contribution >= 4 is 17.5 Å². The zero-order chi connectivity index (χ0) is 15.9. The van der Waals surface area contributed by atoms with Crippen LogP contribution in [-0.4, -0.2) is 43.4 Å². The third-order valence-electron chi connectivity index (χ3n) is 3.78. The maximum absolute atomic E-state index is 12.0. The SMILES string of the molecule is CCCNC(=O)CN(C)CC(=O)Nc1ccc2c(c1)CCC2. The van der Waals surface area contributed by atoms with Crippen molar-refractivity contribution in [2.75, 3.05) is 32.0 Å². The lowest BCUT2D eigenvalue weighted by molar-refractivity contribution is -0.122. The molecule has 120 valence electrons. The van der Waals surface area contributed by atoms with Crippen LogP contribution in [0.2, 0.25) is 0 Å². The van der Waals surface area contributed by atoms with E-state index in [0.717, 1.165) is 24.9 Å². The molecule has 0 aromatic heterocycles.